The van der Waals surface area contributed by atoms with Crippen molar-refractivity contribution in [3.63, 3.8) is 0 Å². The van der Waals surface area contributed by atoms with Crippen molar-refractivity contribution in [3.05, 3.63) is 177 Å². The normalized spacial score (nSPS) is 11.3. The van der Waals surface area contributed by atoms with E-state index in [0.29, 0.717) is 0 Å². The van der Waals surface area contributed by atoms with E-state index in [1.807, 2.05) is 49.3 Å². The van der Waals surface area contributed by atoms with Crippen LogP contribution in [0.1, 0.15) is 0 Å². The van der Waals surface area contributed by atoms with Crippen LogP contribution in [0.15, 0.2) is 177 Å². The Bertz CT molecular complexity index is 2540. The summed E-state index contributed by atoms with van der Waals surface area (Å²) in [5.41, 5.74) is 11.7. The lowest BCUT2D eigenvalue weighted by atomic mass is 9.85. The van der Waals surface area contributed by atoms with Gasteiger partial charge in [-0.3, -0.25) is 15.0 Å². The van der Waals surface area contributed by atoms with E-state index >= 15 is 0 Å². The zero-order valence-electron chi connectivity index (χ0n) is 26.1. The van der Waals surface area contributed by atoms with Crippen LogP contribution in [0.5, 0.6) is 0 Å². The van der Waals surface area contributed by atoms with Gasteiger partial charge in [0.15, 0.2) is 0 Å². The lowest BCUT2D eigenvalue weighted by molar-refractivity contribution is 1.30. The number of rotatable bonds is 5. The van der Waals surface area contributed by atoms with E-state index in [-0.39, 0.29) is 0 Å². The molecule has 3 heteroatoms. The van der Waals surface area contributed by atoms with Crippen molar-refractivity contribution in [3.8, 4) is 55.6 Å². The molecule has 0 aliphatic heterocycles. The average Bonchev–Trinajstić information content (AvgIpc) is 3.17. The average molecular weight is 612 g/mol. The molecule has 0 unspecified atom stereocenters. The molecule has 6 aromatic carbocycles. The van der Waals surface area contributed by atoms with Crippen molar-refractivity contribution < 1.29 is 0 Å². The van der Waals surface area contributed by atoms with Gasteiger partial charge in [0.2, 0.25) is 0 Å². The summed E-state index contributed by atoms with van der Waals surface area (Å²) in [4.78, 5) is 13.1. The summed E-state index contributed by atoms with van der Waals surface area (Å²) in [6.07, 6.45) is 11.3. The van der Waals surface area contributed by atoms with Crippen LogP contribution in [0.25, 0.3) is 88.0 Å². The maximum absolute atomic E-state index is 4.56. The van der Waals surface area contributed by atoms with E-state index in [2.05, 4.69) is 142 Å². The van der Waals surface area contributed by atoms with E-state index < -0.39 is 0 Å². The first-order chi connectivity index (χ1) is 23.8. The minimum Gasteiger partial charge on any atom is -0.265 e. The van der Waals surface area contributed by atoms with Gasteiger partial charge in [0.05, 0.1) is 0 Å². The van der Waals surface area contributed by atoms with Gasteiger partial charge in [-0.15, -0.1) is 0 Å². The second kappa shape index (κ2) is 11.7. The zero-order valence-corrected chi connectivity index (χ0v) is 26.1. The van der Waals surface area contributed by atoms with Gasteiger partial charge in [-0.05, 0) is 102 Å². The Labute approximate surface area is 278 Å². The number of fused-ring (bicyclic) bond motifs is 3. The summed E-state index contributed by atoms with van der Waals surface area (Å²) >= 11 is 0. The molecule has 48 heavy (non-hydrogen) atoms. The highest BCUT2D eigenvalue weighted by atomic mass is 14.6. The van der Waals surface area contributed by atoms with Crippen LogP contribution >= 0.6 is 0 Å². The fourth-order valence-electron chi connectivity index (χ4n) is 7.10. The van der Waals surface area contributed by atoms with Gasteiger partial charge in [-0.2, -0.15) is 0 Å². The number of nitrogens with zero attached hydrogens (tertiary/aromatic N) is 3. The number of benzene rings is 6. The molecule has 0 radical (unpaired) electrons. The molecule has 0 aliphatic carbocycles. The van der Waals surface area contributed by atoms with Gasteiger partial charge >= 0.3 is 0 Å². The van der Waals surface area contributed by atoms with Crippen molar-refractivity contribution in [2.24, 2.45) is 0 Å². The maximum atomic E-state index is 4.56. The molecule has 0 aliphatic rings. The summed E-state index contributed by atoms with van der Waals surface area (Å²) in [6, 6.07) is 50.3. The van der Waals surface area contributed by atoms with Gasteiger partial charge in [0, 0.05) is 53.7 Å². The molecule has 9 aromatic rings. The van der Waals surface area contributed by atoms with Crippen LogP contribution in [0.4, 0.5) is 0 Å². The number of hydrogen-bond donors (Lipinski definition) is 0. The molecule has 0 amide bonds. The predicted molar refractivity (Wildman–Crippen MR) is 200 cm³/mol. The molecule has 0 spiro atoms. The first-order valence-corrected chi connectivity index (χ1v) is 16.2. The third kappa shape index (κ3) is 4.81. The number of pyridine rings is 3. The lowest BCUT2D eigenvalue weighted by Crippen LogP contribution is -1.91. The second-order valence-corrected chi connectivity index (χ2v) is 12.1. The SMILES string of the molecule is c1cc(-c2cccc3cnccc23)cc(-c2c3ccccc3c(-c3ccc(-c4cncc(-c5ccncc5)c4)cc3)c3ccccc23)c1. The largest absolute Gasteiger partial charge is 0.265 e. The summed E-state index contributed by atoms with van der Waals surface area (Å²) in [5, 5.41) is 7.30. The first kappa shape index (κ1) is 27.8. The molecule has 3 nitrogen and oxygen atoms in total. The Hall–Kier alpha value is -6.45. The molecule has 0 saturated heterocycles. The molecule has 224 valence electrons. The zero-order chi connectivity index (χ0) is 31.9. The standard InChI is InChI=1S/C45H29N3/c1-3-12-42-40(10-1)44(32-17-15-30(16-18-32)36-26-37(29-48-28-36)31-19-22-46-23-20-31)41-11-2-4-13-43(41)45(42)34-8-5-7-33(25-34)38-14-6-9-35-27-47-24-21-39(35)38/h1-29H. The van der Waals surface area contributed by atoms with E-state index in [1.54, 1.807) is 0 Å². The maximum Gasteiger partial charge on any atom is 0.0346 e. The van der Waals surface area contributed by atoms with Crippen molar-refractivity contribution in [2.45, 2.75) is 0 Å². The number of aromatic nitrogens is 3. The van der Waals surface area contributed by atoms with Crippen LogP contribution in [0.2, 0.25) is 0 Å². The van der Waals surface area contributed by atoms with Crippen molar-refractivity contribution in [1.82, 2.24) is 15.0 Å². The minimum atomic E-state index is 1.08. The van der Waals surface area contributed by atoms with Crippen LogP contribution in [-0.4, -0.2) is 15.0 Å². The van der Waals surface area contributed by atoms with Crippen molar-refractivity contribution in [1.29, 1.82) is 0 Å². The monoisotopic (exact) mass is 611 g/mol. The molecule has 3 heterocycles. The van der Waals surface area contributed by atoms with Crippen LogP contribution in [0.3, 0.4) is 0 Å². The molecule has 0 atom stereocenters. The minimum absolute atomic E-state index is 1.08. The van der Waals surface area contributed by atoms with Gasteiger partial charge in [-0.1, -0.05) is 109 Å². The van der Waals surface area contributed by atoms with Crippen LogP contribution in [0, 0.1) is 0 Å². The Morgan fingerprint density at radius 2 is 0.833 bits per heavy atom. The molecule has 0 fully saturated rings. The van der Waals surface area contributed by atoms with Gasteiger partial charge in [0.1, 0.15) is 0 Å². The third-order valence-corrected chi connectivity index (χ3v) is 9.33. The highest BCUT2D eigenvalue weighted by Gasteiger charge is 2.17. The molecular weight excluding hydrogens is 583 g/mol. The topological polar surface area (TPSA) is 38.7 Å². The predicted octanol–water partition coefficient (Wildman–Crippen LogP) is 11.7. The molecule has 3 aromatic heterocycles. The van der Waals surface area contributed by atoms with E-state index in [4.69, 9.17) is 0 Å². The van der Waals surface area contributed by atoms with E-state index in [9.17, 15) is 0 Å². The fourth-order valence-corrected chi connectivity index (χ4v) is 7.10. The summed E-state index contributed by atoms with van der Waals surface area (Å²) in [5.74, 6) is 0. The second-order valence-electron chi connectivity index (χ2n) is 12.1. The van der Waals surface area contributed by atoms with E-state index in [1.165, 1.54) is 60.3 Å². The van der Waals surface area contributed by atoms with Gasteiger partial charge < -0.3 is 0 Å². The molecular formula is C45H29N3. The number of hydrogen-bond acceptors (Lipinski definition) is 3. The molecule has 0 bridgehead atoms. The van der Waals surface area contributed by atoms with Crippen LogP contribution < -0.4 is 0 Å². The van der Waals surface area contributed by atoms with Crippen molar-refractivity contribution >= 4 is 32.3 Å². The Morgan fingerprint density at radius 3 is 1.52 bits per heavy atom. The van der Waals surface area contributed by atoms with Gasteiger partial charge in [0.25, 0.3) is 0 Å². The fraction of sp³-hybridized carbons (Fsp3) is 0. The quantitative estimate of drug-likeness (QED) is 0.182. The highest BCUT2D eigenvalue weighted by Crippen LogP contribution is 2.44. The van der Waals surface area contributed by atoms with Crippen LogP contribution in [-0.2, 0) is 0 Å². The van der Waals surface area contributed by atoms with Gasteiger partial charge in [-0.25, -0.2) is 0 Å². The smallest absolute Gasteiger partial charge is 0.0346 e. The Morgan fingerprint density at radius 1 is 0.292 bits per heavy atom. The van der Waals surface area contributed by atoms with E-state index in [0.717, 1.165) is 27.6 Å². The Kier molecular flexibility index (Phi) is 6.80. The summed E-state index contributed by atoms with van der Waals surface area (Å²) in [7, 11) is 0. The van der Waals surface area contributed by atoms with Crippen molar-refractivity contribution in [2.75, 3.05) is 0 Å². The molecule has 0 saturated carbocycles. The summed E-state index contributed by atoms with van der Waals surface area (Å²) in [6.45, 7) is 0. The lowest BCUT2D eigenvalue weighted by Gasteiger charge is -2.18. The highest BCUT2D eigenvalue weighted by molar-refractivity contribution is 6.21. The third-order valence-electron chi connectivity index (χ3n) is 9.33. The molecule has 9 rings (SSSR count). The Balaban J connectivity index is 1.19. The summed E-state index contributed by atoms with van der Waals surface area (Å²) < 4.78 is 0. The molecule has 0 N–H and O–H groups in total. The first-order valence-electron chi connectivity index (χ1n) is 16.2.